The zero-order chi connectivity index (χ0) is 13.9. The van der Waals surface area contributed by atoms with Crippen LogP contribution in [0.2, 0.25) is 0 Å². The first-order chi connectivity index (χ1) is 9.74. The fourth-order valence-corrected chi connectivity index (χ4v) is 3.61. The number of rotatable bonds is 2. The summed E-state index contributed by atoms with van der Waals surface area (Å²) in [4.78, 5) is 14.4. The number of fused-ring (bicyclic) bond motifs is 1. The largest absolute Gasteiger partial charge is 0.392 e. The summed E-state index contributed by atoms with van der Waals surface area (Å²) >= 11 is 0. The van der Waals surface area contributed by atoms with Gasteiger partial charge in [0.05, 0.1) is 6.10 Å². The van der Waals surface area contributed by atoms with Gasteiger partial charge in [-0.15, -0.1) is 0 Å². The van der Waals surface area contributed by atoms with Crippen LogP contribution >= 0.6 is 0 Å². The Morgan fingerprint density at radius 2 is 1.95 bits per heavy atom. The summed E-state index contributed by atoms with van der Waals surface area (Å²) < 4.78 is 0. The average Bonchev–Trinajstić information content (AvgIpc) is 2.64. The van der Waals surface area contributed by atoms with Gasteiger partial charge < -0.3 is 15.4 Å². The third-order valence-electron chi connectivity index (χ3n) is 4.73. The second kappa shape index (κ2) is 6.10. The van der Waals surface area contributed by atoms with Gasteiger partial charge >= 0.3 is 0 Å². The number of hydrogen-bond donors (Lipinski definition) is 3. The van der Waals surface area contributed by atoms with Gasteiger partial charge in [0.2, 0.25) is 5.56 Å². The summed E-state index contributed by atoms with van der Waals surface area (Å²) in [5.41, 5.74) is 2.27. The third kappa shape index (κ3) is 2.96. The Kier molecular flexibility index (Phi) is 4.22. The molecule has 2 aliphatic rings. The molecule has 3 unspecified atom stereocenters. The smallest absolute Gasteiger partial charge is 0.248 e. The molecule has 3 N–H and O–H groups in total. The molecule has 3 rings (SSSR count). The van der Waals surface area contributed by atoms with Gasteiger partial charge in [-0.1, -0.05) is 25.3 Å². The molecule has 0 saturated heterocycles. The Labute approximate surface area is 119 Å². The molecule has 1 saturated carbocycles. The molecule has 4 heteroatoms. The lowest BCUT2D eigenvalue weighted by Gasteiger charge is -2.31. The number of aliphatic hydroxyl groups excluding tert-OH is 1. The number of aromatic amines is 1. The second-order valence-electron chi connectivity index (χ2n) is 6.18. The first-order valence-corrected chi connectivity index (χ1v) is 7.90. The van der Waals surface area contributed by atoms with Crippen LogP contribution in [0.15, 0.2) is 16.9 Å². The summed E-state index contributed by atoms with van der Waals surface area (Å²) in [6.07, 6.45) is 8.41. The number of hydrogen-bond acceptors (Lipinski definition) is 3. The molecule has 0 spiro atoms. The van der Waals surface area contributed by atoms with E-state index in [2.05, 4.69) is 10.3 Å². The van der Waals surface area contributed by atoms with Crippen LogP contribution in [0, 0.1) is 0 Å². The van der Waals surface area contributed by atoms with Gasteiger partial charge in [0.15, 0.2) is 0 Å². The predicted octanol–water partition coefficient (Wildman–Crippen LogP) is 2.04. The first kappa shape index (κ1) is 13.8. The molecule has 1 fully saturated rings. The molecule has 110 valence electrons. The lowest BCUT2D eigenvalue weighted by molar-refractivity contribution is 0.112. The summed E-state index contributed by atoms with van der Waals surface area (Å²) in [6, 6.07) is 4.03. The monoisotopic (exact) mass is 276 g/mol. The Bertz CT molecular complexity index is 511. The van der Waals surface area contributed by atoms with Crippen molar-refractivity contribution in [2.45, 2.75) is 69.6 Å². The zero-order valence-corrected chi connectivity index (χ0v) is 11.9. The van der Waals surface area contributed by atoms with Crippen LogP contribution in [0.1, 0.15) is 62.2 Å². The van der Waals surface area contributed by atoms with Crippen molar-refractivity contribution in [2.75, 3.05) is 0 Å². The van der Waals surface area contributed by atoms with Crippen molar-refractivity contribution in [3.05, 3.63) is 33.7 Å². The van der Waals surface area contributed by atoms with Crippen LogP contribution in [0.3, 0.4) is 0 Å². The summed E-state index contributed by atoms with van der Waals surface area (Å²) in [7, 11) is 0. The minimum Gasteiger partial charge on any atom is -0.392 e. The van der Waals surface area contributed by atoms with Gasteiger partial charge in [0.25, 0.3) is 0 Å². The van der Waals surface area contributed by atoms with Gasteiger partial charge in [-0.05, 0) is 37.7 Å². The molecular formula is C16H24N2O2. The molecule has 20 heavy (non-hydrogen) atoms. The topological polar surface area (TPSA) is 65.1 Å². The molecular weight excluding hydrogens is 252 g/mol. The van der Waals surface area contributed by atoms with E-state index >= 15 is 0 Å². The van der Waals surface area contributed by atoms with E-state index in [0.717, 1.165) is 44.2 Å². The minimum absolute atomic E-state index is 0.0149. The summed E-state index contributed by atoms with van der Waals surface area (Å²) in [5, 5.41) is 13.9. The van der Waals surface area contributed by atoms with Crippen LogP contribution in [0.5, 0.6) is 0 Å². The number of nitrogens with one attached hydrogen (secondary N) is 2. The van der Waals surface area contributed by atoms with Crippen molar-refractivity contribution >= 4 is 0 Å². The highest BCUT2D eigenvalue weighted by Gasteiger charge is 2.27. The van der Waals surface area contributed by atoms with Crippen LogP contribution in [-0.4, -0.2) is 22.2 Å². The van der Waals surface area contributed by atoms with E-state index in [1.54, 1.807) is 6.07 Å². The quantitative estimate of drug-likeness (QED) is 0.724. The Morgan fingerprint density at radius 3 is 2.85 bits per heavy atom. The minimum atomic E-state index is -0.231. The van der Waals surface area contributed by atoms with Crippen molar-refractivity contribution < 1.29 is 5.11 Å². The standard InChI is InChI=1S/C16H24N2O2/c19-15-8-3-1-2-5-14(15)17-12-6-4-7-13-11(12)9-10-16(20)18-13/h9-10,12,14-15,17,19H,1-8H2,(H,18,20). The van der Waals surface area contributed by atoms with Gasteiger partial charge in [-0.25, -0.2) is 0 Å². The summed E-state index contributed by atoms with van der Waals surface area (Å²) in [6.45, 7) is 0. The highest BCUT2D eigenvalue weighted by atomic mass is 16.3. The normalized spacial score (nSPS) is 30.6. The van der Waals surface area contributed by atoms with E-state index in [4.69, 9.17) is 0 Å². The Hall–Kier alpha value is -1.13. The van der Waals surface area contributed by atoms with E-state index in [1.807, 2.05) is 6.07 Å². The lowest BCUT2D eigenvalue weighted by Crippen LogP contribution is -2.42. The number of aryl methyl sites for hydroxylation is 1. The molecule has 0 amide bonds. The van der Waals surface area contributed by atoms with Crippen LogP contribution in [-0.2, 0) is 6.42 Å². The number of pyridine rings is 1. The van der Waals surface area contributed by atoms with Crippen LogP contribution in [0.4, 0.5) is 0 Å². The number of aromatic nitrogens is 1. The SMILES string of the molecule is O=c1ccc2c([nH]1)CCCC2NC1CCCCCC1O. The fraction of sp³-hybridized carbons (Fsp3) is 0.688. The highest BCUT2D eigenvalue weighted by molar-refractivity contribution is 5.26. The van der Waals surface area contributed by atoms with E-state index in [1.165, 1.54) is 18.4 Å². The van der Waals surface area contributed by atoms with Gasteiger partial charge in [-0.2, -0.15) is 0 Å². The fourth-order valence-electron chi connectivity index (χ4n) is 3.61. The van der Waals surface area contributed by atoms with Gasteiger partial charge in [0, 0.05) is 23.8 Å². The van der Waals surface area contributed by atoms with Crippen LogP contribution in [0.25, 0.3) is 0 Å². The van der Waals surface area contributed by atoms with Crippen molar-refractivity contribution in [1.82, 2.24) is 10.3 Å². The molecule has 0 bridgehead atoms. The Balaban J connectivity index is 1.77. The van der Waals surface area contributed by atoms with Crippen LogP contribution < -0.4 is 10.9 Å². The van der Waals surface area contributed by atoms with E-state index < -0.39 is 0 Å². The maximum absolute atomic E-state index is 11.4. The predicted molar refractivity (Wildman–Crippen MR) is 78.8 cm³/mol. The van der Waals surface area contributed by atoms with Crippen molar-refractivity contribution in [2.24, 2.45) is 0 Å². The zero-order valence-electron chi connectivity index (χ0n) is 11.9. The molecule has 0 radical (unpaired) electrons. The van der Waals surface area contributed by atoms with Crippen molar-refractivity contribution in [3.63, 3.8) is 0 Å². The van der Waals surface area contributed by atoms with E-state index in [0.29, 0.717) is 0 Å². The maximum Gasteiger partial charge on any atom is 0.248 e. The molecule has 4 nitrogen and oxygen atoms in total. The van der Waals surface area contributed by atoms with E-state index in [-0.39, 0.29) is 23.7 Å². The van der Waals surface area contributed by atoms with Gasteiger partial charge in [0.1, 0.15) is 0 Å². The molecule has 1 heterocycles. The maximum atomic E-state index is 11.4. The molecule has 1 aromatic heterocycles. The highest BCUT2D eigenvalue weighted by Crippen LogP contribution is 2.29. The molecule has 0 aliphatic heterocycles. The molecule has 0 aromatic carbocycles. The average molecular weight is 276 g/mol. The summed E-state index contributed by atoms with van der Waals surface area (Å²) in [5.74, 6) is 0. The van der Waals surface area contributed by atoms with E-state index in [9.17, 15) is 9.90 Å². The number of aliphatic hydroxyl groups is 1. The third-order valence-corrected chi connectivity index (χ3v) is 4.73. The molecule has 1 aromatic rings. The Morgan fingerprint density at radius 1 is 1.10 bits per heavy atom. The molecule has 3 atom stereocenters. The van der Waals surface area contributed by atoms with Crippen molar-refractivity contribution in [3.8, 4) is 0 Å². The first-order valence-electron chi connectivity index (χ1n) is 7.90. The lowest BCUT2D eigenvalue weighted by atomic mass is 9.90. The van der Waals surface area contributed by atoms with Gasteiger partial charge in [-0.3, -0.25) is 4.79 Å². The van der Waals surface area contributed by atoms with Crippen molar-refractivity contribution in [1.29, 1.82) is 0 Å². The second-order valence-corrected chi connectivity index (χ2v) is 6.18. The molecule has 2 aliphatic carbocycles. The number of H-pyrrole nitrogens is 1.